The van der Waals surface area contributed by atoms with E-state index >= 15 is 0 Å². The molecule has 100 valence electrons. The van der Waals surface area contributed by atoms with Gasteiger partial charge >= 0.3 is 5.69 Å². The molecule has 0 saturated carbocycles. The van der Waals surface area contributed by atoms with Gasteiger partial charge in [0.05, 0.1) is 15.3 Å². The first-order chi connectivity index (χ1) is 8.99. The molecule has 7 nitrogen and oxygen atoms in total. The van der Waals surface area contributed by atoms with Crippen LogP contribution in [0.5, 0.6) is 0 Å². The smallest absolute Gasteiger partial charge is 0.353 e. The van der Waals surface area contributed by atoms with Gasteiger partial charge in [-0.05, 0) is 19.1 Å². The van der Waals surface area contributed by atoms with E-state index in [1.54, 1.807) is 6.07 Å². The van der Waals surface area contributed by atoms with Crippen molar-refractivity contribution in [1.29, 1.82) is 0 Å². The lowest BCUT2D eigenvalue weighted by molar-refractivity contribution is -0.383. The highest BCUT2D eigenvalue weighted by molar-refractivity contribution is 7.16. The lowest BCUT2D eigenvalue weighted by atomic mass is 10.2. The summed E-state index contributed by atoms with van der Waals surface area (Å²) in [5.41, 5.74) is 5.17. The fourth-order valence-corrected chi connectivity index (χ4v) is 2.58. The zero-order valence-electron chi connectivity index (χ0n) is 9.83. The highest BCUT2D eigenvalue weighted by Gasteiger charge is 2.22. The number of rotatable bonds is 4. The molecule has 1 unspecified atom stereocenters. The van der Waals surface area contributed by atoms with Crippen molar-refractivity contribution in [3.8, 4) is 0 Å². The Hall–Kier alpha value is -1.93. The Balaban J connectivity index is 2.28. The van der Waals surface area contributed by atoms with Crippen LogP contribution in [0, 0.1) is 10.1 Å². The minimum absolute atomic E-state index is 0.0922. The molecular weight excluding hydrogens is 290 g/mol. The van der Waals surface area contributed by atoms with Crippen LogP contribution in [-0.2, 0) is 0 Å². The zero-order chi connectivity index (χ0) is 14.0. The van der Waals surface area contributed by atoms with Crippen molar-refractivity contribution < 1.29 is 4.92 Å². The molecule has 0 fully saturated rings. The second kappa shape index (κ2) is 5.37. The van der Waals surface area contributed by atoms with E-state index in [0.29, 0.717) is 4.34 Å². The number of nitrogens with one attached hydrogen (secondary N) is 1. The molecule has 2 heterocycles. The van der Waals surface area contributed by atoms with Crippen molar-refractivity contribution in [2.45, 2.75) is 13.0 Å². The summed E-state index contributed by atoms with van der Waals surface area (Å²) in [6, 6.07) is 3.44. The maximum atomic E-state index is 11.0. The third-order valence-electron chi connectivity index (χ3n) is 2.41. The number of nitro groups is 1. The van der Waals surface area contributed by atoms with Crippen LogP contribution in [0.3, 0.4) is 0 Å². The number of anilines is 2. The predicted octanol–water partition coefficient (Wildman–Crippen LogP) is 2.86. The monoisotopic (exact) mass is 299 g/mol. The standard InChI is InChI=1S/C10H10ClN5O2S/c1-5(6-2-3-7(11)19-6)15-10-8(16(17)18)9(12)13-4-14-10/h2-5H,1H3,(H3,12,13,14,15). The molecule has 2 rings (SSSR count). The van der Waals surface area contributed by atoms with Crippen LogP contribution < -0.4 is 11.1 Å². The highest BCUT2D eigenvalue weighted by Crippen LogP contribution is 2.32. The van der Waals surface area contributed by atoms with Crippen molar-refractivity contribution in [3.05, 3.63) is 37.8 Å². The van der Waals surface area contributed by atoms with Crippen molar-refractivity contribution >= 4 is 40.3 Å². The summed E-state index contributed by atoms with van der Waals surface area (Å²) in [4.78, 5) is 18.8. The number of nitrogens with zero attached hydrogens (tertiary/aromatic N) is 3. The number of hydrogen-bond acceptors (Lipinski definition) is 7. The van der Waals surface area contributed by atoms with Crippen LogP contribution >= 0.6 is 22.9 Å². The molecule has 0 amide bonds. The second-order valence-corrected chi connectivity index (χ2v) is 5.47. The SMILES string of the molecule is CC(Nc1ncnc(N)c1[N+](=O)[O-])c1ccc(Cl)s1. The average Bonchev–Trinajstić information content (AvgIpc) is 2.75. The van der Waals surface area contributed by atoms with Crippen molar-refractivity contribution in [2.75, 3.05) is 11.1 Å². The Morgan fingerprint density at radius 2 is 2.26 bits per heavy atom. The molecule has 0 aliphatic heterocycles. The van der Waals surface area contributed by atoms with Crippen LogP contribution in [-0.4, -0.2) is 14.9 Å². The average molecular weight is 300 g/mol. The molecule has 2 aromatic heterocycles. The summed E-state index contributed by atoms with van der Waals surface area (Å²) in [5.74, 6) is -0.0755. The Bertz CT molecular complexity index is 618. The molecule has 9 heteroatoms. The molecule has 0 bridgehead atoms. The van der Waals surface area contributed by atoms with Crippen LogP contribution in [0.1, 0.15) is 17.8 Å². The molecular formula is C10H10ClN5O2S. The summed E-state index contributed by atoms with van der Waals surface area (Å²) in [6.07, 6.45) is 1.18. The lowest BCUT2D eigenvalue weighted by Gasteiger charge is -2.12. The van der Waals surface area contributed by atoms with Crippen LogP contribution in [0.25, 0.3) is 0 Å². The minimum atomic E-state index is -0.605. The number of hydrogen-bond donors (Lipinski definition) is 2. The number of aromatic nitrogens is 2. The van der Waals surface area contributed by atoms with E-state index in [1.165, 1.54) is 17.7 Å². The Morgan fingerprint density at radius 1 is 1.53 bits per heavy atom. The van der Waals surface area contributed by atoms with Gasteiger partial charge in [0, 0.05) is 4.88 Å². The molecule has 0 aliphatic carbocycles. The lowest BCUT2D eigenvalue weighted by Crippen LogP contribution is -2.10. The van der Waals surface area contributed by atoms with Gasteiger partial charge < -0.3 is 11.1 Å². The molecule has 0 spiro atoms. The van der Waals surface area contributed by atoms with E-state index in [2.05, 4.69) is 15.3 Å². The maximum Gasteiger partial charge on any atom is 0.353 e. The van der Waals surface area contributed by atoms with Gasteiger partial charge in [-0.25, -0.2) is 9.97 Å². The molecule has 0 radical (unpaired) electrons. The summed E-state index contributed by atoms with van der Waals surface area (Å²) in [6.45, 7) is 1.85. The Labute approximate surface area is 117 Å². The van der Waals surface area contributed by atoms with Crippen LogP contribution in [0.4, 0.5) is 17.3 Å². The molecule has 1 atom stereocenters. The Morgan fingerprint density at radius 3 is 2.84 bits per heavy atom. The maximum absolute atomic E-state index is 11.0. The summed E-state index contributed by atoms with van der Waals surface area (Å²) in [7, 11) is 0. The van der Waals surface area contributed by atoms with Gasteiger partial charge in [-0.15, -0.1) is 11.3 Å². The summed E-state index contributed by atoms with van der Waals surface area (Å²) in [5, 5.41) is 13.9. The number of nitrogens with two attached hydrogens (primary N) is 1. The number of nitrogen functional groups attached to an aromatic ring is 1. The van der Waals surface area contributed by atoms with E-state index in [0.717, 1.165) is 4.88 Å². The minimum Gasteiger partial charge on any atom is -0.378 e. The van der Waals surface area contributed by atoms with Gasteiger partial charge in [0.25, 0.3) is 0 Å². The van der Waals surface area contributed by atoms with Gasteiger partial charge in [-0.1, -0.05) is 11.6 Å². The Kier molecular flexibility index (Phi) is 3.82. The first-order valence-corrected chi connectivity index (χ1v) is 6.45. The molecule has 3 N–H and O–H groups in total. The summed E-state index contributed by atoms with van der Waals surface area (Å²) >= 11 is 7.24. The first kappa shape index (κ1) is 13.5. The summed E-state index contributed by atoms with van der Waals surface area (Å²) < 4.78 is 0.653. The molecule has 0 aromatic carbocycles. The fourth-order valence-electron chi connectivity index (χ4n) is 1.52. The molecule has 0 aliphatic rings. The van der Waals surface area contributed by atoms with Gasteiger partial charge in [0.1, 0.15) is 6.33 Å². The van der Waals surface area contributed by atoms with E-state index in [4.69, 9.17) is 17.3 Å². The van der Waals surface area contributed by atoms with Crippen molar-refractivity contribution in [3.63, 3.8) is 0 Å². The zero-order valence-corrected chi connectivity index (χ0v) is 11.4. The fraction of sp³-hybridized carbons (Fsp3) is 0.200. The van der Waals surface area contributed by atoms with Crippen LogP contribution in [0.15, 0.2) is 18.5 Å². The normalized spacial score (nSPS) is 12.1. The van der Waals surface area contributed by atoms with Crippen molar-refractivity contribution in [2.24, 2.45) is 0 Å². The van der Waals surface area contributed by atoms with E-state index in [-0.39, 0.29) is 23.4 Å². The first-order valence-electron chi connectivity index (χ1n) is 5.25. The second-order valence-electron chi connectivity index (χ2n) is 3.72. The third-order valence-corrected chi connectivity index (χ3v) is 3.82. The topological polar surface area (TPSA) is 107 Å². The van der Waals surface area contributed by atoms with Gasteiger partial charge in [0.15, 0.2) is 0 Å². The third kappa shape index (κ3) is 2.91. The number of thiophene rings is 1. The van der Waals surface area contributed by atoms with Gasteiger partial charge in [-0.3, -0.25) is 10.1 Å². The molecule has 0 saturated heterocycles. The quantitative estimate of drug-likeness (QED) is 0.664. The van der Waals surface area contributed by atoms with E-state index < -0.39 is 4.92 Å². The predicted molar refractivity (Wildman–Crippen MR) is 74.5 cm³/mol. The number of halogens is 1. The van der Waals surface area contributed by atoms with E-state index in [1.807, 2.05) is 13.0 Å². The van der Waals surface area contributed by atoms with Gasteiger partial charge in [0.2, 0.25) is 11.6 Å². The largest absolute Gasteiger partial charge is 0.378 e. The molecule has 2 aromatic rings. The molecule has 19 heavy (non-hydrogen) atoms. The van der Waals surface area contributed by atoms with Crippen molar-refractivity contribution in [1.82, 2.24) is 9.97 Å². The highest BCUT2D eigenvalue weighted by atomic mass is 35.5. The van der Waals surface area contributed by atoms with Crippen LogP contribution in [0.2, 0.25) is 4.34 Å². The van der Waals surface area contributed by atoms with Gasteiger partial charge in [-0.2, -0.15) is 0 Å². The van der Waals surface area contributed by atoms with E-state index in [9.17, 15) is 10.1 Å².